The van der Waals surface area contributed by atoms with Gasteiger partial charge in [-0.25, -0.2) is 10.3 Å². The van der Waals surface area contributed by atoms with Gasteiger partial charge < -0.3 is 4.84 Å². The van der Waals surface area contributed by atoms with E-state index < -0.39 is 5.76 Å². The molecular formula is C12H18N10O4S. The van der Waals surface area contributed by atoms with Crippen molar-refractivity contribution >= 4 is 17.4 Å². The van der Waals surface area contributed by atoms with Gasteiger partial charge in [0.25, 0.3) is 0 Å². The van der Waals surface area contributed by atoms with Crippen LogP contribution in [0.5, 0.6) is 0 Å². The minimum Gasteiger partial charge on any atom is -0.361 e. The van der Waals surface area contributed by atoms with Crippen LogP contribution in [0.1, 0.15) is 24.4 Å². The van der Waals surface area contributed by atoms with E-state index in [2.05, 4.69) is 66.5 Å². The van der Waals surface area contributed by atoms with Crippen LogP contribution in [0.15, 0.2) is 31.6 Å². The fourth-order valence-electron chi connectivity index (χ4n) is 1.18. The second-order valence-electron chi connectivity index (χ2n) is 4.61. The third-order valence-electron chi connectivity index (χ3n) is 2.16. The van der Waals surface area contributed by atoms with Crippen molar-refractivity contribution in [1.29, 1.82) is 0 Å². The first kappa shape index (κ1) is 21.4. The largest absolute Gasteiger partial charge is 0.438 e. The fraction of sp³-hybridized carbons (Fsp3) is 0.333. The van der Waals surface area contributed by atoms with E-state index in [9.17, 15) is 9.59 Å². The minimum atomic E-state index is -0.502. The summed E-state index contributed by atoms with van der Waals surface area (Å²) in [5.41, 5.74) is 2.52. The Bertz CT molecular complexity index is 905. The van der Waals surface area contributed by atoms with E-state index in [1.165, 1.54) is 0 Å². The number of H-pyrrole nitrogens is 3. The highest BCUT2D eigenvalue weighted by molar-refractivity contribution is 7.02. The van der Waals surface area contributed by atoms with Crippen LogP contribution in [-0.2, 0) is 4.84 Å². The van der Waals surface area contributed by atoms with Gasteiger partial charge in [0.1, 0.15) is 17.5 Å². The molecule has 27 heavy (non-hydrogen) atoms. The normalized spacial score (nSPS) is 11.4. The van der Waals surface area contributed by atoms with Gasteiger partial charge in [-0.2, -0.15) is 14.6 Å². The lowest BCUT2D eigenvalue weighted by atomic mass is 10.7. The standard InChI is InChI=1S/C4H6N2O.C3H4N2O2.C3H4N2OS.C2H4N4/c1-3-5-4(2)7-6-3;2*1-2-4-3(6)7-5-2;1-2-3-5-6-4-2/h2H2,1H3,(H,5,6);2*1H3,(H,4,5,6);1H3,(H,3,4,5,6). The van der Waals surface area contributed by atoms with Crippen molar-refractivity contribution < 1.29 is 9.36 Å². The summed E-state index contributed by atoms with van der Waals surface area (Å²) in [6, 6.07) is 0. The van der Waals surface area contributed by atoms with Crippen molar-refractivity contribution in [3.05, 3.63) is 50.2 Å². The number of aryl methyl sites for hydroxylation is 3. The average molecular weight is 398 g/mol. The number of hydrogen-bond donors (Lipinski definition) is 4. The van der Waals surface area contributed by atoms with Crippen molar-refractivity contribution in [2.75, 3.05) is 0 Å². The first-order chi connectivity index (χ1) is 12.8. The van der Waals surface area contributed by atoms with Crippen LogP contribution >= 0.6 is 11.5 Å². The third kappa shape index (κ3) is 10.1. The van der Waals surface area contributed by atoms with Crippen LogP contribution in [-0.4, -0.2) is 46.0 Å². The molecule has 0 atom stereocenters. The molecule has 0 saturated heterocycles. The summed E-state index contributed by atoms with van der Waals surface area (Å²) in [7, 11) is 0. The summed E-state index contributed by atoms with van der Waals surface area (Å²) in [5.74, 6) is 2.55. The van der Waals surface area contributed by atoms with E-state index in [-0.39, 0.29) is 4.87 Å². The molecule has 0 aromatic carbocycles. The van der Waals surface area contributed by atoms with Gasteiger partial charge in [0, 0.05) is 11.5 Å². The summed E-state index contributed by atoms with van der Waals surface area (Å²) in [4.78, 5) is 33.3. The zero-order valence-corrected chi connectivity index (χ0v) is 15.7. The molecule has 146 valence electrons. The molecule has 0 bridgehead atoms. The molecule has 4 N–H and O–H groups in total. The average Bonchev–Trinajstić information content (AvgIpc) is 3.37. The van der Waals surface area contributed by atoms with Crippen LogP contribution in [0.3, 0.4) is 0 Å². The summed E-state index contributed by atoms with van der Waals surface area (Å²) in [5, 5.41) is 16.0. The topological polar surface area (TPSA) is 193 Å². The Morgan fingerprint density at radius 3 is 1.96 bits per heavy atom. The van der Waals surface area contributed by atoms with Crippen LogP contribution < -0.4 is 16.1 Å². The van der Waals surface area contributed by atoms with Crippen LogP contribution in [0, 0.1) is 20.8 Å². The molecule has 4 heterocycles. The van der Waals surface area contributed by atoms with Gasteiger partial charge in [-0.15, -0.1) is 10.2 Å². The van der Waals surface area contributed by atoms with Gasteiger partial charge in [-0.1, -0.05) is 10.4 Å². The second-order valence-corrected chi connectivity index (χ2v) is 5.35. The Balaban J connectivity index is 0.000000180. The van der Waals surface area contributed by atoms with E-state index in [1.807, 2.05) is 0 Å². The summed E-state index contributed by atoms with van der Waals surface area (Å²) in [6.07, 6.45) is 0. The molecule has 1 aliphatic rings. The van der Waals surface area contributed by atoms with Gasteiger partial charge in [0.05, 0.1) is 0 Å². The first-order valence-corrected chi connectivity index (χ1v) is 7.96. The van der Waals surface area contributed by atoms with Gasteiger partial charge in [-0.05, 0) is 34.3 Å². The van der Waals surface area contributed by atoms with Gasteiger partial charge in [-0.3, -0.25) is 19.3 Å². The van der Waals surface area contributed by atoms with Crippen LogP contribution in [0.2, 0.25) is 0 Å². The zero-order valence-electron chi connectivity index (χ0n) is 14.9. The zero-order chi connectivity index (χ0) is 20.2. The van der Waals surface area contributed by atoms with Crippen LogP contribution in [0.25, 0.3) is 0 Å². The summed E-state index contributed by atoms with van der Waals surface area (Å²) < 4.78 is 7.79. The highest BCUT2D eigenvalue weighted by Crippen LogP contribution is 1.98. The summed E-state index contributed by atoms with van der Waals surface area (Å²) in [6.45, 7) is 10.4. The molecule has 0 amide bonds. The molecule has 0 unspecified atom stereocenters. The number of aliphatic imine (C=N–C) groups is 1. The molecule has 0 spiro atoms. The van der Waals surface area contributed by atoms with E-state index in [0.717, 1.165) is 17.4 Å². The summed E-state index contributed by atoms with van der Waals surface area (Å²) >= 11 is 0.943. The first-order valence-electron chi connectivity index (χ1n) is 7.18. The fourth-order valence-corrected chi connectivity index (χ4v) is 1.64. The molecule has 0 aliphatic carbocycles. The maximum atomic E-state index is 10.2. The van der Waals surface area contributed by atoms with E-state index >= 15 is 0 Å². The molecule has 14 nitrogen and oxygen atoms in total. The SMILES string of the molecule is C=C1N=C(C)NO1.Cc1nn[nH]n1.Cc1noc(=O)[nH]1.Cc1nsc(=O)[nH]1. The number of aromatic nitrogens is 8. The molecule has 0 radical (unpaired) electrons. The van der Waals surface area contributed by atoms with Gasteiger partial charge in [0.15, 0.2) is 5.82 Å². The van der Waals surface area contributed by atoms with Crippen LogP contribution in [0.4, 0.5) is 0 Å². The lowest BCUT2D eigenvalue weighted by molar-refractivity contribution is 0.178. The Labute approximate surface area is 155 Å². The number of tetrazole rings is 1. The smallest absolute Gasteiger partial charge is 0.361 e. The quantitative estimate of drug-likeness (QED) is 0.391. The van der Waals surface area contributed by atoms with E-state index in [0.29, 0.717) is 23.4 Å². The van der Waals surface area contributed by atoms with Gasteiger partial charge in [0.2, 0.25) is 5.88 Å². The molecule has 0 fully saturated rings. The van der Waals surface area contributed by atoms with Gasteiger partial charge >= 0.3 is 10.6 Å². The van der Waals surface area contributed by atoms with Crippen molar-refractivity contribution in [2.45, 2.75) is 27.7 Å². The number of nitrogens with zero attached hydrogens (tertiary/aromatic N) is 6. The molecule has 3 aromatic heterocycles. The highest BCUT2D eigenvalue weighted by atomic mass is 32.1. The number of hydroxylamine groups is 1. The Morgan fingerprint density at radius 1 is 1.07 bits per heavy atom. The van der Waals surface area contributed by atoms with Crippen molar-refractivity contribution in [3.63, 3.8) is 0 Å². The predicted octanol–water partition coefficient (Wildman–Crippen LogP) is -0.270. The molecular weight excluding hydrogens is 380 g/mol. The molecule has 15 heteroatoms. The highest BCUT2D eigenvalue weighted by Gasteiger charge is 2.01. The number of amidine groups is 1. The lowest BCUT2D eigenvalue weighted by Gasteiger charge is -1.89. The van der Waals surface area contributed by atoms with Crippen molar-refractivity contribution in [1.82, 2.24) is 45.6 Å². The number of nitrogens with one attached hydrogen (secondary N) is 4. The maximum absolute atomic E-state index is 10.2. The van der Waals surface area contributed by atoms with Crippen molar-refractivity contribution in [2.24, 2.45) is 4.99 Å². The van der Waals surface area contributed by atoms with E-state index in [1.54, 1.807) is 27.7 Å². The Kier molecular flexibility index (Phi) is 8.79. The number of hydrogen-bond acceptors (Lipinski definition) is 12. The maximum Gasteiger partial charge on any atom is 0.438 e. The third-order valence-corrected chi connectivity index (χ3v) is 2.79. The number of aromatic amines is 3. The molecule has 1 aliphatic heterocycles. The Hall–Kier alpha value is -3.62. The van der Waals surface area contributed by atoms with Crippen molar-refractivity contribution in [3.8, 4) is 0 Å². The Morgan fingerprint density at radius 2 is 1.81 bits per heavy atom. The molecule has 3 aromatic rings. The molecule has 4 rings (SSSR count). The monoisotopic (exact) mass is 398 g/mol. The predicted molar refractivity (Wildman–Crippen MR) is 94.7 cm³/mol. The molecule has 0 saturated carbocycles. The lowest BCUT2D eigenvalue weighted by Crippen LogP contribution is -2.11. The van der Waals surface area contributed by atoms with E-state index in [4.69, 9.17) is 0 Å². The number of rotatable bonds is 0. The second kappa shape index (κ2) is 11.1. The minimum absolute atomic E-state index is 0.0856.